The van der Waals surface area contributed by atoms with E-state index < -0.39 is 5.60 Å². The van der Waals surface area contributed by atoms with Gasteiger partial charge in [-0.15, -0.1) is 0 Å². The molecule has 0 spiro atoms. The lowest BCUT2D eigenvalue weighted by Gasteiger charge is -2.31. The van der Waals surface area contributed by atoms with Crippen LogP contribution in [0.3, 0.4) is 0 Å². The Morgan fingerprint density at radius 3 is 2.65 bits per heavy atom. The molecule has 4 nitrogen and oxygen atoms in total. The van der Waals surface area contributed by atoms with Crippen LogP contribution in [0.1, 0.15) is 32.6 Å². The largest absolute Gasteiger partial charge is 0.388 e. The predicted octanol–water partition coefficient (Wildman–Crippen LogP) is 0.343. The number of aliphatic hydroxyl groups is 1. The first kappa shape index (κ1) is 11.5. The first-order valence-electron chi connectivity index (χ1n) is 6.75. The van der Waals surface area contributed by atoms with Gasteiger partial charge in [0, 0.05) is 19.1 Å². The molecule has 1 aliphatic heterocycles. The van der Waals surface area contributed by atoms with Gasteiger partial charge in [0.1, 0.15) is 0 Å². The van der Waals surface area contributed by atoms with Gasteiger partial charge >= 0.3 is 0 Å². The number of carbonyl (C=O) groups is 1. The number of hydrogen-bond acceptors (Lipinski definition) is 3. The van der Waals surface area contributed by atoms with Crippen molar-refractivity contribution >= 4 is 5.91 Å². The van der Waals surface area contributed by atoms with Crippen LogP contribution >= 0.6 is 0 Å². The zero-order valence-electron chi connectivity index (χ0n) is 10.4. The first-order chi connectivity index (χ1) is 7.98. The molecule has 2 saturated carbocycles. The number of nitrogens with zero attached hydrogens (tertiary/aromatic N) is 1. The Bertz CT molecular complexity index is 340. The molecule has 3 fully saturated rings. The van der Waals surface area contributed by atoms with Crippen LogP contribution in [0.5, 0.6) is 0 Å². The van der Waals surface area contributed by atoms with E-state index in [0.717, 1.165) is 6.42 Å². The van der Waals surface area contributed by atoms with E-state index in [1.54, 1.807) is 6.92 Å². The van der Waals surface area contributed by atoms with Crippen LogP contribution in [0.2, 0.25) is 0 Å². The first-order valence-corrected chi connectivity index (χ1v) is 6.75. The normalized spacial score (nSPS) is 49.0. The van der Waals surface area contributed by atoms with Gasteiger partial charge in [-0.1, -0.05) is 0 Å². The highest BCUT2D eigenvalue weighted by molar-refractivity contribution is 5.81. The summed E-state index contributed by atoms with van der Waals surface area (Å²) in [6, 6.07) is 0.0619. The maximum absolute atomic E-state index is 12.5. The fourth-order valence-electron chi connectivity index (χ4n) is 4.05. The molecular formula is C13H22N2O2. The van der Waals surface area contributed by atoms with E-state index in [9.17, 15) is 9.90 Å². The Kier molecular flexibility index (Phi) is 2.49. The summed E-state index contributed by atoms with van der Waals surface area (Å²) < 4.78 is 0. The minimum atomic E-state index is -0.697. The molecule has 2 bridgehead atoms. The van der Waals surface area contributed by atoms with E-state index in [4.69, 9.17) is 5.73 Å². The summed E-state index contributed by atoms with van der Waals surface area (Å²) in [4.78, 5) is 14.3. The number of nitrogens with two attached hydrogens (primary N) is 1. The summed E-state index contributed by atoms with van der Waals surface area (Å²) in [5, 5.41) is 9.93. The fourth-order valence-corrected chi connectivity index (χ4v) is 4.05. The SMILES string of the molecule is CC1(O)CCN(C(=O)C2C3CCC(C3)C2N)C1. The Morgan fingerprint density at radius 1 is 1.41 bits per heavy atom. The quantitative estimate of drug-likeness (QED) is 0.692. The molecule has 0 aromatic carbocycles. The van der Waals surface area contributed by atoms with Gasteiger partial charge in [0.2, 0.25) is 5.91 Å². The minimum Gasteiger partial charge on any atom is -0.388 e. The van der Waals surface area contributed by atoms with Crippen molar-refractivity contribution in [2.75, 3.05) is 13.1 Å². The third kappa shape index (κ3) is 1.78. The standard InChI is InChI=1S/C13H22N2O2/c1-13(17)4-5-15(7-13)12(16)10-8-2-3-9(6-8)11(10)14/h8-11,17H,2-7,14H2,1H3. The van der Waals surface area contributed by atoms with E-state index in [2.05, 4.69) is 0 Å². The lowest BCUT2D eigenvalue weighted by atomic mass is 9.84. The molecule has 3 aliphatic rings. The van der Waals surface area contributed by atoms with Crippen LogP contribution in [0, 0.1) is 17.8 Å². The predicted molar refractivity (Wildman–Crippen MR) is 64.1 cm³/mol. The van der Waals surface area contributed by atoms with E-state index in [1.165, 1.54) is 12.8 Å². The Balaban J connectivity index is 1.71. The van der Waals surface area contributed by atoms with E-state index in [0.29, 0.717) is 31.3 Å². The third-order valence-electron chi connectivity index (χ3n) is 5.03. The van der Waals surface area contributed by atoms with E-state index in [1.807, 2.05) is 4.90 Å². The van der Waals surface area contributed by atoms with Crippen molar-refractivity contribution in [3.8, 4) is 0 Å². The molecule has 1 heterocycles. The monoisotopic (exact) mass is 238 g/mol. The van der Waals surface area contributed by atoms with Crippen molar-refractivity contribution in [1.29, 1.82) is 0 Å². The average Bonchev–Trinajstić information content (AvgIpc) is 2.91. The summed E-state index contributed by atoms with van der Waals surface area (Å²) in [5.41, 5.74) is 5.49. The second-order valence-electron chi connectivity index (χ2n) is 6.44. The number of β-amino-alcohol motifs (C(OH)–C–C–N with tert-alkyl or cyclic N) is 1. The number of amides is 1. The molecule has 2 aliphatic carbocycles. The molecule has 96 valence electrons. The van der Waals surface area contributed by atoms with Gasteiger partial charge in [0.25, 0.3) is 0 Å². The van der Waals surface area contributed by atoms with Crippen molar-refractivity contribution < 1.29 is 9.90 Å². The van der Waals surface area contributed by atoms with Gasteiger partial charge in [0.05, 0.1) is 11.5 Å². The molecule has 3 rings (SSSR count). The van der Waals surface area contributed by atoms with Crippen LogP contribution < -0.4 is 5.73 Å². The number of likely N-dealkylation sites (tertiary alicyclic amines) is 1. The smallest absolute Gasteiger partial charge is 0.227 e. The van der Waals surface area contributed by atoms with Crippen molar-refractivity contribution in [3.05, 3.63) is 0 Å². The van der Waals surface area contributed by atoms with Crippen molar-refractivity contribution in [3.63, 3.8) is 0 Å². The summed E-state index contributed by atoms with van der Waals surface area (Å²) in [7, 11) is 0. The van der Waals surface area contributed by atoms with E-state index >= 15 is 0 Å². The lowest BCUT2D eigenvalue weighted by Crippen LogP contribution is -2.47. The lowest BCUT2D eigenvalue weighted by molar-refractivity contribution is -0.137. The second kappa shape index (κ2) is 3.69. The number of carbonyl (C=O) groups excluding carboxylic acids is 1. The molecule has 5 unspecified atom stereocenters. The van der Waals surface area contributed by atoms with Gasteiger partial charge < -0.3 is 15.7 Å². The molecular weight excluding hydrogens is 216 g/mol. The van der Waals surface area contributed by atoms with Crippen molar-refractivity contribution in [1.82, 2.24) is 4.90 Å². The van der Waals surface area contributed by atoms with Crippen LogP contribution in [-0.2, 0) is 4.79 Å². The second-order valence-corrected chi connectivity index (χ2v) is 6.44. The van der Waals surface area contributed by atoms with Gasteiger partial charge in [-0.3, -0.25) is 4.79 Å². The minimum absolute atomic E-state index is 0.0302. The Labute approximate surface area is 102 Å². The Hall–Kier alpha value is -0.610. The van der Waals surface area contributed by atoms with Gasteiger partial charge in [-0.25, -0.2) is 0 Å². The maximum atomic E-state index is 12.5. The molecule has 3 N–H and O–H groups in total. The molecule has 1 amide bonds. The van der Waals surface area contributed by atoms with Gasteiger partial charge in [0.15, 0.2) is 0 Å². The molecule has 0 radical (unpaired) electrons. The average molecular weight is 238 g/mol. The topological polar surface area (TPSA) is 66.6 Å². The highest BCUT2D eigenvalue weighted by Gasteiger charge is 2.51. The van der Waals surface area contributed by atoms with Gasteiger partial charge in [-0.2, -0.15) is 0 Å². The van der Waals surface area contributed by atoms with E-state index in [-0.39, 0.29) is 17.9 Å². The summed E-state index contributed by atoms with van der Waals surface area (Å²) in [6.07, 6.45) is 4.20. The fraction of sp³-hybridized carbons (Fsp3) is 0.923. The molecule has 17 heavy (non-hydrogen) atoms. The highest BCUT2D eigenvalue weighted by Crippen LogP contribution is 2.48. The summed E-state index contributed by atoms with van der Waals surface area (Å²) in [5.74, 6) is 1.30. The molecule has 1 saturated heterocycles. The molecule has 4 heteroatoms. The number of hydrogen-bond donors (Lipinski definition) is 2. The summed E-state index contributed by atoms with van der Waals surface area (Å²) in [6.45, 7) is 2.97. The number of rotatable bonds is 1. The molecule has 0 aromatic rings. The zero-order valence-corrected chi connectivity index (χ0v) is 10.4. The van der Waals surface area contributed by atoms with Crippen LogP contribution in [0.4, 0.5) is 0 Å². The zero-order chi connectivity index (χ0) is 12.2. The van der Waals surface area contributed by atoms with Crippen LogP contribution in [-0.4, -0.2) is 40.6 Å². The van der Waals surface area contributed by atoms with Crippen LogP contribution in [0.25, 0.3) is 0 Å². The summed E-state index contributed by atoms with van der Waals surface area (Å²) >= 11 is 0. The van der Waals surface area contributed by atoms with Gasteiger partial charge in [-0.05, 0) is 44.4 Å². The number of fused-ring (bicyclic) bond motifs is 2. The molecule has 0 aromatic heterocycles. The van der Waals surface area contributed by atoms with Crippen LogP contribution in [0.15, 0.2) is 0 Å². The maximum Gasteiger partial charge on any atom is 0.227 e. The Morgan fingerprint density at radius 2 is 2.12 bits per heavy atom. The highest BCUT2D eigenvalue weighted by atomic mass is 16.3. The van der Waals surface area contributed by atoms with Crippen molar-refractivity contribution in [2.24, 2.45) is 23.5 Å². The molecule has 5 atom stereocenters. The third-order valence-corrected chi connectivity index (χ3v) is 5.03. The van der Waals surface area contributed by atoms with Crippen molar-refractivity contribution in [2.45, 2.75) is 44.2 Å².